The van der Waals surface area contributed by atoms with Crippen molar-refractivity contribution in [1.82, 2.24) is 0 Å². The Morgan fingerprint density at radius 1 is 1.67 bits per heavy atom. The van der Waals surface area contributed by atoms with Crippen molar-refractivity contribution in [3.63, 3.8) is 0 Å². The Morgan fingerprint density at radius 3 is 2.58 bits per heavy atom. The van der Waals surface area contributed by atoms with E-state index in [2.05, 4.69) is 4.74 Å². The number of cyclic esters (lactones) is 1. The van der Waals surface area contributed by atoms with Gasteiger partial charge in [0, 0.05) is 0 Å². The van der Waals surface area contributed by atoms with Crippen molar-refractivity contribution in [1.29, 1.82) is 0 Å². The normalized spacial score (nSPS) is 31.3. The van der Waals surface area contributed by atoms with Gasteiger partial charge in [0.15, 0.2) is 12.2 Å². The number of hydrogen-bond acceptors (Lipinski definition) is 5. The average molecular weight is 176 g/mol. The van der Waals surface area contributed by atoms with Gasteiger partial charge in [0.05, 0.1) is 6.42 Å². The van der Waals surface area contributed by atoms with E-state index in [4.69, 9.17) is 15.3 Å². The van der Waals surface area contributed by atoms with E-state index in [1.165, 1.54) is 0 Å². The highest BCUT2D eigenvalue weighted by atomic mass is 16.6. The number of hydrogen-bond donors (Lipinski definition) is 3. The lowest BCUT2D eigenvalue weighted by Gasteiger charge is -2.15. The fourth-order valence-electron chi connectivity index (χ4n) is 0.981. The summed E-state index contributed by atoms with van der Waals surface area (Å²) in [6.45, 7) is 0. The first-order chi connectivity index (χ1) is 5.52. The quantitative estimate of drug-likeness (QED) is 0.425. The molecule has 1 unspecified atom stereocenters. The van der Waals surface area contributed by atoms with Gasteiger partial charge in [-0.25, -0.2) is 4.79 Å². The van der Waals surface area contributed by atoms with E-state index in [1.807, 2.05) is 0 Å². The van der Waals surface area contributed by atoms with Crippen LogP contribution in [0.25, 0.3) is 0 Å². The monoisotopic (exact) mass is 176 g/mol. The summed E-state index contributed by atoms with van der Waals surface area (Å²) in [4.78, 5) is 20.7. The third-order valence-electron chi connectivity index (χ3n) is 1.59. The second-order valence-electron chi connectivity index (χ2n) is 2.51. The summed E-state index contributed by atoms with van der Waals surface area (Å²) in [6.07, 6.45) is -4.69. The van der Waals surface area contributed by atoms with Crippen molar-refractivity contribution in [2.75, 3.05) is 0 Å². The van der Waals surface area contributed by atoms with Crippen molar-refractivity contribution in [2.45, 2.75) is 24.7 Å². The lowest BCUT2D eigenvalue weighted by Crippen LogP contribution is -2.40. The summed E-state index contributed by atoms with van der Waals surface area (Å²) in [5.74, 6) is -2.22. The molecule has 0 amide bonds. The van der Waals surface area contributed by atoms with Crippen LogP contribution < -0.4 is 0 Å². The van der Waals surface area contributed by atoms with Crippen LogP contribution in [0.15, 0.2) is 0 Å². The number of aliphatic hydroxyl groups excluding tert-OH is 2. The summed E-state index contributed by atoms with van der Waals surface area (Å²) in [5.41, 5.74) is 0. The molecule has 0 saturated carbocycles. The van der Waals surface area contributed by atoms with Crippen molar-refractivity contribution in [2.24, 2.45) is 0 Å². The van der Waals surface area contributed by atoms with Crippen LogP contribution in [0.1, 0.15) is 6.42 Å². The van der Waals surface area contributed by atoms with E-state index in [-0.39, 0.29) is 6.42 Å². The van der Waals surface area contributed by atoms with Crippen LogP contribution in [-0.2, 0) is 14.3 Å². The predicted molar refractivity (Wildman–Crippen MR) is 34.1 cm³/mol. The van der Waals surface area contributed by atoms with E-state index in [1.54, 1.807) is 0 Å². The zero-order valence-corrected chi connectivity index (χ0v) is 6.01. The van der Waals surface area contributed by atoms with E-state index in [0.29, 0.717) is 0 Å². The molecule has 68 valence electrons. The van der Waals surface area contributed by atoms with Gasteiger partial charge in [-0.05, 0) is 0 Å². The van der Waals surface area contributed by atoms with Crippen LogP contribution >= 0.6 is 0 Å². The molecule has 0 aromatic carbocycles. The van der Waals surface area contributed by atoms with Gasteiger partial charge in [-0.3, -0.25) is 4.79 Å². The molecule has 0 aliphatic carbocycles. The summed E-state index contributed by atoms with van der Waals surface area (Å²) in [5, 5.41) is 26.2. The Morgan fingerprint density at radius 2 is 2.25 bits per heavy atom. The van der Waals surface area contributed by atoms with Crippen molar-refractivity contribution >= 4 is 11.9 Å². The molecule has 6 heteroatoms. The number of carbonyl (C=O) groups is 2. The molecule has 0 aromatic rings. The number of carboxylic acids is 1. The molecule has 6 nitrogen and oxygen atoms in total. The van der Waals surface area contributed by atoms with Crippen LogP contribution in [-0.4, -0.2) is 45.6 Å². The van der Waals surface area contributed by atoms with E-state index in [9.17, 15) is 9.59 Å². The molecular formula is C6H8O6. The fourth-order valence-corrected chi connectivity index (χ4v) is 0.981. The number of rotatable bonds is 2. The zero-order valence-electron chi connectivity index (χ0n) is 6.01. The van der Waals surface area contributed by atoms with Crippen LogP contribution in [0.2, 0.25) is 0 Å². The van der Waals surface area contributed by atoms with E-state index < -0.39 is 30.3 Å². The standard InChI is InChI=1S/C6H8O6/c7-2-1-3(8)12-5(2)4(9)6(10)11/h2,4-5,7,9H,1H2,(H,10,11)/t2-,4+,5?/m1/s1. The maximum absolute atomic E-state index is 10.5. The Balaban J connectivity index is 2.63. The van der Waals surface area contributed by atoms with Gasteiger partial charge in [-0.1, -0.05) is 0 Å². The number of aliphatic hydroxyl groups is 2. The Kier molecular flexibility index (Phi) is 2.30. The number of esters is 1. The number of aliphatic carboxylic acids is 1. The number of carboxylic acid groups (broad SMARTS) is 1. The van der Waals surface area contributed by atoms with Crippen molar-refractivity contribution < 1.29 is 29.6 Å². The van der Waals surface area contributed by atoms with Crippen molar-refractivity contribution in [3.05, 3.63) is 0 Å². The molecule has 0 bridgehead atoms. The first-order valence-corrected chi connectivity index (χ1v) is 3.31. The molecule has 12 heavy (non-hydrogen) atoms. The highest BCUT2D eigenvalue weighted by molar-refractivity contribution is 5.77. The molecule has 0 radical (unpaired) electrons. The third kappa shape index (κ3) is 1.54. The highest BCUT2D eigenvalue weighted by Gasteiger charge is 2.41. The zero-order chi connectivity index (χ0) is 9.30. The first-order valence-electron chi connectivity index (χ1n) is 3.31. The van der Waals surface area contributed by atoms with E-state index in [0.717, 1.165) is 0 Å². The predicted octanol–water partition coefficient (Wildman–Crippen LogP) is -1.89. The molecule has 1 saturated heterocycles. The Labute approximate surface area is 67.4 Å². The van der Waals surface area contributed by atoms with Crippen molar-refractivity contribution in [3.8, 4) is 0 Å². The van der Waals surface area contributed by atoms with E-state index >= 15 is 0 Å². The second kappa shape index (κ2) is 3.08. The molecule has 1 aliphatic rings. The Hall–Kier alpha value is -1.14. The largest absolute Gasteiger partial charge is 0.479 e. The van der Waals surface area contributed by atoms with Crippen LogP contribution in [0, 0.1) is 0 Å². The number of ether oxygens (including phenoxy) is 1. The van der Waals surface area contributed by atoms with Gasteiger partial charge in [-0.2, -0.15) is 0 Å². The number of carbonyl (C=O) groups excluding carboxylic acids is 1. The Bertz CT molecular complexity index is 212. The molecule has 1 heterocycles. The lowest BCUT2D eigenvalue weighted by atomic mass is 10.1. The molecule has 1 fully saturated rings. The van der Waals surface area contributed by atoms with Gasteiger partial charge in [-0.15, -0.1) is 0 Å². The summed E-state index contributed by atoms with van der Waals surface area (Å²) < 4.78 is 4.38. The lowest BCUT2D eigenvalue weighted by molar-refractivity contribution is -0.161. The molecule has 0 spiro atoms. The van der Waals surface area contributed by atoms with Gasteiger partial charge in [0.25, 0.3) is 0 Å². The van der Waals surface area contributed by atoms with Gasteiger partial charge in [0.2, 0.25) is 0 Å². The molecule has 0 aromatic heterocycles. The smallest absolute Gasteiger partial charge is 0.336 e. The molecule has 3 atom stereocenters. The minimum atomic E-state index is -1.86. The summed E-state index contributed by atoms with van der Waals surface area (Å²) in [7, 11) is 0. The second-order valence-corrected chi connectivity index (χ2v) is 2.51. The SMILES string of the molecule is O=C1C[C@@H](O)C([C@H](O)C(=O)O)O1. The molecule has 1 aliphatic heterocycles. The highest BCUT2D eigenvalue weighted by Crippen LogP contribution is 2.17. The van der Waals surface area contributed by atoms with Gasteiger partial charge in [0.1, 0.15) is 6.10 Å². The van der Waals surface area contributed by atoms with Crippen LogP contribution in [0.3, 0.4) is 0 Å². The van der Waals surface area contributed by atoms with Crippen LogP contribution in [0.4, 0.5) is 0 Å². The first kappa shape index (κ1) is 8.95. The van der Waals surface area contributed by atoms with Crippen LogP contribution in [0.5, 0.6) is 0 Å². The average Bonchev–Trinajstić information content (AvgIpc) is 2.28. The molecular weight excluding hydrogens is 168 g/mol. The summed E-state index contributed by atoms with van der Waals surface area (Å²) in [6, 6.07) is 0. The molecule has 1 rings (SSSR count). The summed E-state index contributed by atoms with van der Waals surface area (Å²) >= 11 is 0. The topological polar surface area (TPSA) is 104 Å². The molecule has 3 N–H and O–H groups in total. The minimum Gasteiger partial charge on any atom is -0.479 e. The maximum Gasteiger partial charge on any atom is 0.336 e. The minimum absolute atomic E-state index is 0.269. The third-order valence-corrected chi connectivity index (χ3v) is 1.59. The maximum atomic E-state index is 10.5. The fraction of sp³-hybridized carbons (Fsp3) is 0.667. The van der Waals surface area contributed by atoms with Gasteiger partial charge < -0.3 is 20.1 Å². The van der Waals surface area contributed by atoms with Gasteiger partial charge >= 0.3 is 11.9 Å².